The second-order valence-corrected chi connectivity index (χ2v) is 7.32. The zero-order chi connectivity index (χ0) is 15.5. The molecule has 3 atom stereocenters. The van der Waals surface area contributed by atoms with Crippen molar-refractivity contribution < 1.29 is 5.11 Å². The van der Waals surface area contributed by atoms with E-state index < -0.39 is 0 Å². The topological polar surface area (TPSA) is 58.3 Å². The molecular weight excluding hydrogens is 260 g/mol. The molecule has 3 heteroatoms. The smallest absolute Gasteiger partial charge is 0.0856 e. The van der Waals surface area contributed by atoms with Crippen LogP contribution in [0.4, 0.5) is 0 Å². The minimum atomic E-state index is -0.337. The summed E-state index contributed by atoms with van der Waals surface area (Å²) in [7, 11) is 0. The highest BCUT2D eigenvalue weighted by atomic mass is 16.3. The SMILES string of the molecule is CC(C)CCCCCCCCCCC[C@H]1NC[C@H](N)[C@@H]1O. The number of hydrogen-bond acceptors (Lipinski definition) is 3. The van der Waals surface area contributed by atoms with E-state index in [4.69, 9.17) is 5.73 Å². The van der Waals surface area contributed by atoms with Crippen molar-refractivity contribution in [2.45, 2.75) is 103 Å². The molecule has 0 spiro atoms. The van der Waals surface area contributed by atoms with Gasteiger partial charge in [0.2, 0.25) is 0 Å². The van der Waals surface area contributed by atoms with Gasteiger partial charge < -0.3 is 16.2 Å². The van der Waals surface area contributed by atoms with E-state index in [9.17, 15) is 5.11 Å². The third-order valence-electron chi connectivity index (χ3n) is 4.76. The highest BCUT2D eigenvalue weighted by Crippen LogP contribution is 2.16. The Morgan fingerprint density at radius 1 is 0.952 bits per heavy atom. The van der Waals surface area contributed by atoms with Crippen LogP contribution in [0.1, 0.15) is 84.5 Å². The molecule has 1 saturated heterocycles. The van der Waals surface area contributed by atoms with Crippen LogP contribution in [0.15, 0.2) is 0 Å². The highest BCUT2D eigenvalue weighted by molar-refractivity contribution is 4.92. The third kappa shape index (κ3) is 8.80. The largest absolute Gasteiger partial charge is 0.390 e. The Morgan fingerprint density at radius 3 is 1.95 bits per heavy atom. The molecule has 0 aliphatic carbocycles. The fraction of sp³-hybridized carbons (Fsp3) is 1.00. The van der Waals surface area contributed by atoms with Crippen LogP contribution in [0, 0.1) is 5.92 Å². The van der Waals surface area contributed by atoms with Crippen molar-refractivity contribution in [3.63, 3.8) is 0 Å². The van der Waals surface area contributed by atoms with E-state index in [-0.39, 0.29) is 18.2 Å². The molecule has 0 radical (unpaired) electrons. The molecule has 0 bridgehead atoms. The van der Waals surface area contributed by atoms with Crippen molar-refractivity contribution in [3.05, 3.63) is 0 Å². The van der Waals surface area contributed by atoms with Gasteiger partial charge in [0.25, 0.3) is 0 Å². The molecule has 0 aromatic carbocycles. The summed E-state index contributed by atoms with van der Waals surface area (Å²) in [5.74, 6) is 0.868. The van der Waals surface area contributed by atoms with Gasteiger partial charge in [-0.05, 0) is 12.3 Å². The van der Waals surface area contributed by atoms with Crippen LogP contribution in [-0.2, 0) is 0 Å². The molecule has 1 aliphatic rings. The lowest BCUT2D eigenvalue weighted by Crippen LogP contribution is -2.37. The summed E-state index contributed by atoms with van der Waals surface area (Å²) < 4.78 is 0. The average Bonchev–Trinajstić information content (AvgIpc) is 2.76. The number of nitrogens with one attached hydrogen (secondary N) is 1. The van der Waals surface area contributed by atoms with Gasteiger partial charge in [0, 0.05) is 18.6 Å². The van der Waals surface area contributed by atoms with Gasteiger partial charge in [-0.2, -0.15) is 0 Å². The van der Waals surface area contributed by atoms with Gasteiger partial charge in [0.15, 0.2) is 0 Å². The van der Waals surface area contributed by atoms with E-state index in [1.807, 2.05) is 0 Å². The van der Waals surface area contributed by atoms with E-state index in [1.165, 1.54) is 64.2 Å². The van der Waals surface area contributed by atoms with Crippen LogP contribution < -0.4 is 11.1 Å². The van der Waals surface area contributed by atoms with Gasteiger partial charge in [-0.1, -0.05) is 78.1 Å². The van der Waals surface area contributed by atoms with Crippen molar-refractivity contribution >= 4 is 0 Å². The first-order valence-electron chi connectivity index (χ1n) is 9.28. The maximum Gasteiger partial charge on any atom is 0.0856 e. The normalized spacial score (nSPS) is 25.9. The standard InChI is InChI=1S/C18H38N2O/c1-15(2)12-10-8-6-4-3-5-7-9-11-13-17-18(21)16(19)14-20-17/h15-18,20-21H,3-14,19H2,1-2H3/t16-,17+,18-/m0/s1. The summed E-state index contributed by atoms with van der Waals surface area (Å²) in [6, 6.07) is 0.173. The molecule has 126 valence electrons. The monoisotopic (exact) mass is 298 g/mol. The molecule has 0 amide bonds. The van der Waals surface area contributed by atoms with Gasteiger partial charge in [0.1, 0.15) is 0 Å². The molecule has 1 aliphatic heterocycles. The molecule has 3 nitrogen and oxygen atoms in total. The molecule has 0 aromatic heterocycles. The van der Waals surface area contributed by atoms with E-state index in [1.54, 1.807) is 0 Å². The minimum absolute atomic E-state index is 0.0642. The number of aliphatic hydroxyl groups excluding tert-OH is 1. The van der Waals surface area contributed by atoms with Crippen molar-refractivity contribution in [2.75, 3.05) is 6.54 Å². The molecule has 0 aromatic rings. The molecular formula is C18H38N2O. The van der Waals surface area contributed by atoms with Gasteiger partial charge in [0.05, 0.1) is 6.10 Å². The zero-order valence-electron chi connectivity index (χ0n) is 14.3. The van der Waals surface area contributed by atoms with Gasteiger partial charge in [-0.3, -0.25) is 0 Å². The predicted octanol–water partition coefficient (Wildman–Crippen LogP) is 3.59. The second-order valence-electron chi connectivity index (χ2n) is 7.32. The maximum atomic E-state index is 9.85. The maximum absolute atomic E-state index is 9.85. The van der Waals surface area contributed by atoms with Crippen LogP contribution in [0.2, 0.25) is 0 Å². The summed E-state index contributed by atoms with van der Waals surface area (Å²) in [6.07, 6.45) is 14.4. The number of aliphatic hydroxyl groups is 1. The summed E-state index contributed by atoms with van der Waals surface area (Å²) in [4.78, 5) is 0. The van der Waals surface area contributed by atoms with Crippen molar-refractivity contribution in [1.82, 2.24) is 5.32 Å². The van der Waals surface area contributed by atoms with Crippen LogP contribution in [0.5, 0.6) is 0 Å². The Labute approximate surface area is 132 Å². The summed E-state index contributed by atoms with van der Waals surface area (Å²) >= 11 is 0. The van der Waals surface area contributed by atoms with Gasteiger partial charge in [-0.15, -0.1) is 0 Å². The quantitative estimate of drug-likeness (QED) is 0.483. The second kappa shape index (κ2) is 11.4. The fourth-order valence-corrected chi connectivity index (χ4v) is 3.25. The molecule has 1 heterocycles. The fourth-order valence-electron chi connectivity index (χ4n) is 3.25. The van der Waals surface area contributed by atoms with Gasteiger partial charge in [-0.25, -0.2) is 0 Å². The van der Waals surface area contributed by atoms with Crippen LogP contribution in [0.25, 0.3) is 0 Å². The number of hydrogen-bond donors (Lipinski definition) is 3. The Bertz CT molecular complexity index is 245. The third-order valence-corrected chi connectivity index (χ3v) is 4.76. The Kier molecular flexibility index (Phi) is 10.3. The van der Waals surface area contributed by atoms with Crippen molar-refractivity contribution in [1.29, 1.82) is 0 Å². The summed E-state index contributed by atoms with van der Waals surface area (Å²) in [6.45, 7) is 5.39. The Hall–Kier alpha value is -0.120. The lowest BCUT2D eigenvalue weighted by molar-refractivity contribution is 0.139. The highest BCUT2D eigenvalue weighted by Gasteiger charge is 2.30. The van der Waals surface area contributed by atoms with Crippen LogP contribution in [-0.4, -0.2) is 29.8 Å². The lowest BCUT2D eigenvalue weighted by atomic mass is 10.0. The van der Waals surface area contributed by atoms with Crippen LogP contribution >= 0.6 is 0 Å². The van der Waals surface area contributed by atoms with Gasteiger partial charge >= 0.3 is 0 Å². The van der Waals surface area contributed by atoms with E-state index in [0.29, 0.717) is 0 Å². The molecule has 4 N–H and O–H groups in total. The summed E-state index contributed by atoms with van der Waals surface area (Å²) in [5.41, 5.74) is 5.79. The van der Waals surface area contributed by atoms with Crippen molar-refractivity contribution in [3.8, 4) is 0 Å². The Morgan fingerprint density at radius 2 is 1.48 bits per heavy atom. The molecule has 0 saturated carbocycles. The minimum Gasteiger partial charge on any atom is -0.390 e. The van der Waals surface area contributed by atoms with Crippen molar-refractivity contribution in [2.24, 2.45) is 11.7 Å². The average molecular weight is 299 g/mol. The first-order valence-corrected chi connectivity index (χ1v) is 9.28. The zero-order valence-corrected chi connectivity index (χ0v) is 14.3. The van der Waals surface area contributed by atoms with Crippen LogP contribution in [0.3, 0.4) is 0 Å². The Balaban J connectivity index is 1.79. The van der Waals surface area contributed by atoms with E-state index >= 15 is 0 Å². The number of unbranched alkanes of at least 4 members (excludes halogenated alkanes) is 8. The first kappa shape index (κ1) is 18.9. The lowest BCUT2D eigenvalue weighted by Gasteiger charge is -2.16. The molecule has 0 unspecified atom stereocenters. The summed E-state index contributed by atoms with van der Waals surface area (Å²) in [5, 5.41) is 13.2. The molecule has 21 heavy (non-hydrogen) atoms. The number of rotatable bonds is 12. The van der Waals surface area contributed by atoms with E-state index in [0.717, 1.165) is 18.9 Å². The molecule has 1 fully saturated rings. The molecule has 1 rings (SSSR count). The predicted molar refractivity (Wildman–Crippen MR) is 91.4 cm³/mol. The first-order chi connectivity index (χ1) is 10.1. The number of nitrogens with two attached hydrogens (primary N) is 1. The van der Waals surface area contributed by atoms with E-state index in [2.05, 4.69) is 19.2 Å².